The number of nitrogens with zero attached hydrogens (tertiary/aromatic N) is 2. The Morgan fingerprint density at radius 1 is 1.04 bits per heavy atom. The van der Waals surface area contributed by atoms with Gasteiger partial charge in [0.1, 0.15) is 6.04 Å². The van der Waals surface area contributed by atoms with Crippen molar-refractivity contribution < 1.29 is 24.3 Å². The van der Waals surface area contributed by atoms with Crippen LogP contribution in [-0.4, -0.2) is 58.9 Å². The number of nitrogens with one attached hydrogen (secondary N) is 1. The van der Waals surface area contributed by atoms with Crippen molar-refractivity contribution in [3.63, 3.8) is 0 Å². The minimum Gasteiger partial charge on any atom is -0.393 e. The van der Waals surface area contributed by atoms with Crippen LogP contribution in [0.25, 0.3) is 0 Å². The predicted molar refractivity (Wildman–Crippen MR) is 99.7 cm³/mol. The van der Waals surface area contributed by atoms with Crippen molar-refractivity contribution in [2.45, 2.75) is 44.8 Å². The van der Waals surface area contributed by atoms with Crippen LogP contribution in [0.5, 0.6) is 0 Å². The molecule has 28 heavy (non-hydrogen) atoms. The number of hydrogen-bond acceptors (Lipinski definition) is 6. The Hall–Kier alpha value is -2.74. The van der Waals surface area contributed by atoms with E-state index in [0.29, 0.717) is 5.56 Å². The van der Waals surface area contributed by atoms with Crippen molar-refractivity contribution in [1.29, 1.82) is 0 Å². The number of aliphatic hydroxyl groups excluding tert-OH is 1. The summed E-state index contributed by atoms with van der Waals surface area (Å²) >= 11 is 0. The number of hydrogen-bond donors (Lipinski definition) is 2. The van der Waals surface area contributed by atoms with Gasteiger partial charge in [0.25, 0.3) is 11.8 Å². The summed E-state index contributed by atoms with van der Waals surface area (Å²) in [6.45, 7) is 3.35. The zero-order valence-corrected chi connectivity index (χ0v) is 15.7. The third-order valence-electron chi connectivity index (χ3n) is 6.01. The molecule has 0 aliphatic carbocycles. The number of anilines is 1. The number of carbonyl (C=O) groups excluding carboxylic acids is 4. The van der Waals surface area contributed by atoms with Gasteiger partial charge >= 0.3 is 0 Å². The highest BCUT2D eigenvalue weighted by Crippen LogP contribution is 2.32. The first-order valence-electron chi connectivity index (χ1n) is 9.65. The summed E-state index contributed by atoms with van der Waals surface area (Å²) < 4.78 is 0. The molecule has 2 N–H and O–H groups in total. The maximum absolute atomic E-state index is 12.9. The van der Waals surface area contributed by atoms with E-state index in [0.717, 1.165) is 36.5 Å². The van der Waals surface area contributed by atoms with E-state index in [4.69, 9.17) is 0 Å². The molecule has 8 nitrogen and oxygen atoms in total. The Labute approximate surface area is 162 Å². The van der Waals surface area contributed by atoms with E-state index in [-0.39, 0.29) is 36.3 Å². The van der Waals surface area contributed by atoms with Crippen LogP contribution in [0.1, 0.15) is 53.3 Å². The second-order valence-corrected chi connectivity index (χ2v) is 7.74. The summed E-state index contributed by atoms with van der Waals surface area (Å²) in [4.78, 5) is 52.2. The fraction of sp³-hybridized carbons (Fsp3) is 0.500. The van der Waals surface area contributed by atoms with Gasteiger partial charge in [-0.05, 0) is 50.3 Å². The summed E-state index contributed by atoms with van der Waals surface area (Å²) in [6.07, 6.45) is 1.65. The van der Waals surface area contributed by atoms with E-state index in [9.17, 15) is 24.3 Å². The number of amides is 4. The van der Waals surface area contributed by atoms with Gasteiger partial charge in [-0.3, -0.25) is 29.4 Å². The van der Waals surface area contributed by atoms with Gasteiger partial charge in [-0.2, -0.15) is 0 Å². The van der Waals surface area contributed by atoms with Crippen LogP contribution in [0, 0.1) is 5.92 Å². The second-order valence-electron chi connectivity index (χ2n) is 7.74. The quantitative estimate of drug-likeness (QED) is 0.742. The van der Waals surface area contributed by atoms with E-state index in [1.165, 1.54) is 0 Å². The molecule has 8 heteroatoms. The molecule has 3 aliphatic heterocycles. The monoisotopic (exact) mass is 385 g/mol. The lowest BCUT2D eigenvalue weighted by atomic mass is 9.92. The maximum Gasteiger partial charge on any atom is 0.262 e. The average Bonchev–Trinajstić information content (AvgIpc) is 2.92. The van der Waals surface area contributed by atoms with E-state index >= 15 is 0 Å². The van der Waals surface area contributed by atoms with E-state index < -0.39 is 23.8 Å². The molecule has 0 bridgehead atoms. The molecule has 0 spiro atoms. The Balaban J connectivity index is 1.55. The Kier molecular flexibility index (Phi) is 4.66. The first-order valence-corrected chi connectivity index (χ1v) is 9.65. The number of fused-ring (bicyclic) bond motifs is 1. The van der Waals surface area contributed by atoms with Crippen LogP contribution in [-0.2, 0) is 9.59 Å². The number of benzene rings is 1. The molecule has 0 aromatic heterocycles. The van der Waals surface area contributed by atoms with Gasteiger partial charge in [-0.1, -0.05) is 0 Å². The molecule has 148 valence electrons. The van der Waals surface area contributed by atoms with Crippen molar-refractivity contribution in [3.8, 4) is 0 Å². The summed E-state index contributed by atoms with van der Waals surface area (Å²) in [5, 5.41) is 12.0. The molecular formula is C20H23N3O5. The average molecular weight is 385 g/mol. The number of aliphatic hydroxyl groups is 1. The van der Waals surface area contributed by atoms with E-state index in [2.05, 4.69) is 10.2 Å². The van der Waals surface area contributed by atoms with Crippen molar-refractivity contribution in [2.24, 2.45) is 5.92 Å². The van der Waals surface area contributed by atoms with Crippen molar-refractivity contribution in [1.82, 2.24) is 10.2 Å². The van der Waals surface area contributed by atoms with E-state index in [1.807, 2.05) is 13.0 Å². The normalized spacial score (nSPS) is 24.4. The van der Waals surface area contributed by atoms with Crippen LogP contribution in [0.15, 0.2) is 18.2 Å². The Bertz CT molecular complexity index is 857. The molecule has 2 unspecified atom stereocenters. The molecule has 3 heterocycles. The van der Waals surface area contributed by atoms with Crippen LogP contribution in [0.3, 0.4) is 0 Å². The smallest absolute Gasteiger partial charge is 0.262 e. The minimum absolute atomic E-state index is 0.104. The molecule has 0 saturated carbocycles. The molecule has 2 saturated heterocycles. The Morgan fingerprint density at radius 2 is 1.71 bits per heavy atom. The fourth-order valence-electron chi connectivity index (χ4n) is 4.30. The highest BCUT2D eigenvalue weighted by Gasteiger charge is 2.44. The number of imide groups is 2. The maximum atomic E-state index is 12.9. The lowest BCUT2D eigenvalue weighted by Gasteiger charge is -2.34. The molecule has 3 aliphatic rings. The molecule has 1 aromatic rings. The molecule has 1 aromatic carbocycles. The van der Waals surface area contributed by atoms with E-state index in [1.54, 1.807) is 12.1 Å². The summed E-state index contributed by atoms with van der Waals surface area (Å²) in [7, 11) is 0. The second kappa shape index (κ2) is 7.01. The first-order chi connectivity index (χ1) is 13.4. The van der Waals surface area contributed by atoms with Gasteiger partial charge in [-0.25, -0.2) is 0 Å². The van der Waals surface area contributed by atoms with Crippen molar-refractivity contribution in [3.05, 3.63) is 29.3 Å². The molecule has 4 amide bonds. The third kappa shape index (κ3) is 3.07. The van der Waals surface area contributed by atoms with Gasteiger partial charge in [-0.15, -0.1) is 0 Å². The zero-order chi connectivity index (χ0) is 20.0. The number of carbonyl (C=O) groups is 4. The SMILES string of the molecule is CC(O)C1CCN(c2ccc3c(c2)C(=O)N(C2CCC(=O)NC2=O)C3=O)CC1. The highest BCUT2D eigenvalue weighted by molar-refractivity contribution is 6.23. The first kappa shape index (κ1) is 18.6. The van der Waals surface area contributed by atoms with Crippen molar-refractivity contribution >= 4 is 29.3 Å². The van der Waals surface area contributed by atoms with Crippen LogP contribution in [0.4, 0.5) is 5.69 Å². The fourth-order valence-corrected chi connectivity index (χ4v) is 4.30. The lowest BCUT2D eigenvalue weighted by molar-refractivity contribution is -0.136. The predicted octanol–water partition coefficient (Wildman–Crippen LogP) is 0.685. The van der Waals surface area contributed by atoms with Gasteiger partial charge in [0.05, 0.1) is 17.2 Å². The van der Waals surface area contributed by atoms with Crippen LogP contribution < -0.4 is 10.2 Å². The lowest BCUT2D eigenvalue weighted by Crippen LogP contribution is -2.54. The highest BCUT2D eigenvalue weighted by atomic mass is 16.3. The summed E-state index contributed by atoms with van der Waals surface area (Å²) in [6, 6.07) is 4.22. The minimum atomic E-state index is -0.949. The Morgan fingerprint density at radius 3 is 2.36 bits per heavy atom. The number of piperidine rings is 2. The van der Waals surface area contributed by atoms with Gasteiger partial charge in [0.15, 0.2) is 0 Å². The summed E-state index contributed by atoms with van der Waals surface area (Å²) in [5.74, 6) is -1.70. The summed E-state index contributed by atoms with van der Waals surface area (Å²) in [5.41, 5.74) is 1.44. The molecule has 2 atom stereocenters. The van der Waals surface area contributed by atoms with Crippen LogP contribution >= 0.6 is 0 Å². The van der Waals surface area contributed by atoms with Gasteiger partial charge in [0, 0.05) is 25.2 Å². The topological polar surface area (TPSA) is 107 Å². The zero-order valence-electron chi connectivity index (χ0n) is 15.7. The van der Waals surface area contributed by atoms with Crippen LogP contribution in [0.2, 0.25) is 0 Å². The number of rotatable bonds is 3. The van der Waals surface area contributed by atoms with Gasteiger partial charge in [0.2, 0.25) is 11.8 Å². The van der Waals surface area contributed by atoms with Crippen molar-refractivity contribution in [2.75, 3.05) is 18.0 Å². The largest absolute Gasteiger partial charge is 0.393 e. The molecule has 4 rings (SSSR count). The standard InChI is InChI=1S/C20H23N3O5/c1-11(24)12-6-8-22(9-7-12)13-2-3-14-15(10-13)20(28)23(19(14)27)16-4-5-17(25)21-18(16)26/h2-3,10-12,16,24H,4-9H2,1H3,(H,21,25,26). The molecule has 0 radical (unpaired) electrons. The molecular weight excluding hydrogens is 362 g/mol. The van der Waals surface area contributed by atoms with Gasteiger partial charge < -0.3 is 10.0 Å². The third-order valence-corrected chi connectivity index (χ3v) is 6.01. The molecule has 2 fully saturated rings.